The number of aromatic hydroxyl groups is 1. The molecule has 2 aromatic carbocycles. The zero-order valence-electron chi connectivity index (χ0n) is 18.5. The number of piperidine rings is 1. The lowest BCUT2D eigenvalue weighted by Gasteiger charge is -2.54. The van der Waals surface area contributed by atoms with E-state index < -0.39 is 6.10 Å². The number of likely N-dealkylation sites (tertiary alicyclic amines) is 1. The van der Waals surface area contributed by atoms with Crippen molar-refractivity contribution in [3.63, 3.8) is 0 Å². The van der Waals surface area contributed by atoms with Crippen LogP contribution in [0.25, 0.3) is 0 Å². The van der Waals surface area contributed by atoms with Crippen molar-refractivity contribution in [3.8, 4) is 5.75 Å². The first-order valence-corrected chi connectivity index (χ1v) is 12.1. The molecule has 5 nitrogen and oxygen atoms in total. The molecule has 0 radical (unpaired) electrons. The number of phenolic OH excluding ortho intramolecular Hbond substituents is 1. The summed E-state index contributed by atoms with van der Waals surface area (Å²) in [5, 5.41) is 25.4. The molecule has 4 atom stereocenters. The Morgan fingerprint density at radius 1 is 1.24 bits per heavy atom. The molecule has 0 aromatic heterocycles. The highest BCUT2D eigenvalue weighted by Gasteiger charge is 2.52. The highest BCUT2D eigenvalue weighted by Crippen LogP contribution is 2.49. The van der Waals surface area contributed by atoms with Gasteiger partial charge >= 0.3 is 0 Å². The summed E-state index contributed by atoms with van der Waals surface area (Å²) < 4.78 is 0. The molecule has 3 unspecified atom stereocenters. The number of carbonyl (C=O) groups excluding carboxylic acids is 1. The van der Waals surface area contributed by atoms with E-state index >= 15 is 0 Å². The third kappa shape index (κ3) is 5.22. The Balaban J connectivity index is 1.55. The summed E-state index contributed by atoms with van der Waals surface area (Å²) in [6, 6.07) is 12.4. The van der Waals surface area contributed by atoms with E-state index in [-0.39, 0.29) is 35.5 Å². The maximum atomic E-state index is 12.8. The highest BCUT2D eigenvalue weighted by molar-refractivity contribution is 6.42. The number of aliphatic hydroxyl groups excluding tert-OH is 1. The van der Waals surface area contributed by atoms with Crippen LogP contribution in [0.1, 0.15) is 30.4 Å². The van der Waals surface area contributed by atoms with E-state index in [1.54, 1.807) is 24.3 Å². The Labute approximate surface area is 205 Å². The molecule has 2 aromatic rings. The smallest absolute Gasteiger partial charge is 0.224 e. The predicted octanol–water partition coefficient (Wildman–Crippen LogP) is 4.33. The number of halogens is 2. The van der Waals surface area contributed by atoms with Crippen LogP contribution < -0.4 is 5.32 Å². The second-order valence-electron chi connectivity index (χ2n) is 9.31. The lowest BCUT2D eigenvalue weighted by Crippen LogP contribution is -2.61. The van der Waals surface area contributed by atoms with Crippen LogP contribution in [0.2, 0.25) is 10.0 Å². The van der Waals surface area contributed by atoms with Gasteiger partial charge in [-0.05, 0) is 61.2 Å². The van der Waals surface area contributed by atoms with Crippen molar-refractivity contribution in [2.75, 3.05) is 19.6 Å². The van der Waals surface area contributed by atoms with Gasteiger partial charge in [-0.3, -0.25) is 9.69 Å². The fourth-order valence-electron chi connectivity index (χ4n) is 5.67. The molecule has 0 bridgehead atoms. The van der Waals surface area contributed by atoms with Crippen molar-refractivity contribution in [2.45, 2.75) is 43.2 Å². The maximum absolute atomic E-state index is 12.8. The van der Waals surface area contributed by atoms with Gasteiger partial charge in [0, 0.05) is 30.5 Å². The summed E-state index contributed by atoms with van der Waals surface area (Å²) in [5.41, 5.74) is 1.49. The Kier molecular flexibility index (Phi) is 7.34. The number of nitrogens with one attached hydrogen (secondary N) is 1. The number of amides is 1. The molecule has 2 aliphatic rings. The average molecular weight is 489 g/mol. The second kappa shape index (κ2) is 10.1. The van der Waals surface area contributed by atoms with Crippen LogP contribution in [-0.4, -0.2) is 52.8 Å². The number of hydrogen-bond donors (Lipinski definition) is 3. The van der Waals surface area contributed by atoms with E-state index in [0.29, 0.717) is 22.9 Å². The minimum Gasteiger partial charge on any atom is -0.508 e. The summed E-state index contributed by atoms with van der Waals surface area (Å²) in [6.07, 6.45) is 3.57. The molecule has 4 rings (SSSR count). The summed E-state index contributed by atoms with van der Waals surface area (Å²) in [5.74, 6) is 0.116. The molecular weight excluding hydrogens is 459 g/mol. The summed E-state index contributed by atoms with van der Waals surface area (Å²) in [4.78, 5) is 15.2. The average Bonchev–Trinajstić information content (AvgIpc) is 2.77. The van der Waals surface area contributed by atoms with Gasteiger partial charge in [-0.1, -0.05) is 47.5 Å². The van der Waals surface area contributed by atoms with Gasteiger partial charge in [-0.2, -0.15) is 0 Å². The zero-order valence-corrected chi connectivity index (χ0v) is 20.0. The number of nitrogens with zero attached hydrogens (tertiary/aromatic N) is 1. The van der Waals surface area contributed by atoms with Crippen LogP contribution in [0.4, 0.5) is 0 Å². The first-order valence-electron chi connectivity index (χ1n) is 11.3. The molecule has 1 saturated heterocycles. The maximum Gasteiger partial charge on any atom is 0.224 e. The molecule has 176 valence electrons. The lowest BCUT2D eigenvalue weighted by atomic mass is 9.57. The van der Waals surface area contributed by atoms with Crippen LogP contribution in [-0.2, 0) is 16.6 Å². The quantitative estimate of drug-likeness (QED) is 0.529. The first kappa shape index (κ1) is 24.1. The monoisotopic (exact) mass is 488 g/mol. The van der Waals surface area contributed by atoms with E-state index in [4.69, 9.17) is 23.2 Å². The summed E-state index contributed by atoms with van der Waals surface area (Å²) in [6.45, 7) is 6.26. The van der Waals surface area contributed by atoms with E-state index in [1.807, 2.05) is 24.3 Å². The topological polar surface area (TPSA) is 72.8 Å². The van der Waals surface area contributed by atoms with Gasteiger partial charge in [-0.25, -0.2) is 0 Å². The third-order valence-electron chi connectivity index (χ3n) is 7.16. The molecule has 33 heavy (non-hydrogen) atoms. The van der Waals surface area contributed by atoms with Crippen molar-refractivity contribution in [1.29, 1.82) is 0 Å². The van der Waals surface area contributed by atoms with Gasteiger partial charge in [0.05, 0.1) is 22.6 Å². The van der Waals surface area contributed by atoms with Gasteiger partial charge in [0.2, 0.25) is 5.91 Å². The van der Waals surface area contributed by atoms with Gasteiger partial charge in [0.15, 0.2) is 0 Å². The van der Waals surface area contributed by atoms with Crippen molar-refractivity contribution < 1.29 is 15.0 Å². The number of phenols is 1. The highest BCUT2D eigenvalue weighted by atomic mass is 35.5. The van der Waals surface area contributed by atoms with E-state index in [2.05, 4.69) is 16.8 Å². The van der Waals surface area contributed by atoms with Crippen LogP contribution in [0, 0.1) is 5.92 Å². The fourth-order valence-corrected chi connectivity index (χ4v) is 5.99. The molecule has 1 aliphatic heterocycles. The van der Waals surface area contributed by atoms with Crippen LogP contribution in [0.5, 0.6) is 5.75 Å². The summed E-state index contributed by atoms with van der Waals surface area (Å²) in [7, 11) is 0. The Hall–Kier alpha value is -2.05. The minimum absolute atomic E-state index is 0.0104. The fraction of sp³-hybridized carbons (Fsp3) is 0.423. The van der Waals surface area contributed by atoms with Crippen LogP contribution in [0.3, 0.4) is 0 Å². The predicted molar refractivity (Wildman–Crippen MR) is 132 cm³/mol. The number of benzene rings is 2. The Bertz CT molecular complexity index is 1030. The third-order valence-corrected chi connectivity index (χ3v) is 7.90. The molecular formula is C26H30Cl2N2O3. The van der Waals surface area contributed by atoms with Crippen molar-refractivity contribution in [3.05, 3.63) is 76.3 Å². The second-order valence-corrected chi connectivity index (χ2v) is 10.1. The van der Waals surface area contributed by atoms with Gasteiger partial charge in [-0.15, -0.1) is 6.58 Å². The minimum atomic E-state index is -0.566. The Morgan fingerprint density at radius 3 is 2.79 bits per heavy atom. The Morgan fingerprint density at radius 2 is 2.06 bits per heavy atom. The molecule has 1 heterocycles. The normalized spacial score (nSPS) is 27.5. The van der Waals surface area contributed by atoms with Crippen molar-refractivity contribution in [1.82, 2.24) is 10.2 Å². The van der Waals surface area contributed by atoms with Crippen LogP contribution >= 0.6 is 23.2 Å². The standard InChI is InChI=1S/C26H30Cl2N2O3/c1-2-9-30-10-8-26(18-4-3-5-20(31)13-18)15-19(14-24(32)21(26)16-30)29-25(33)12-17-6-7-22(27)23(28)11-17/h2-7,11,13,19,21,24,31-32H,1,8-10,12,14-16H2,(H,29,33)/t19-,21?,24?,26?/m0/s1. The zero-order chi connectivity index (χ0) is 23.6. The van der Waals surface area contributed by atoms with Crippen LogP contribution in [0.15, 0.2) is 55.1 Å². The van der Waals surface area contributed by atoms with Gasteiger partial charge < -0.3 is 15.5 Å². The first-order chi connectivity index (χ1) is 15.8. The van der Waals surface area contributed by atoms with Crippen molar-refractivity contribution in [2.24, 2.45) is 5.92 Å². The van der Waals surface area contributed by atoms with E-state index in [1.165, 1.54) is 0 Å². The number of hydrogen-bond acceptors (Lipinski definition) is 4. The number of aliphatic hydroxyl groups is 1. The van der Waals surface area contributed by atoms with E-state index in [9.17, 15) is 15.0 Å². The molecule has 7 heteroatoms. The largest absolute Gasteiger partial charge is 0.508 e. The number of carbonyl (C=O) groups is 1. The van der Waals surface area contributed by atoms with Gasteiger partial charge in [0.25, 0.3) is 0 Å². The number of fused-ring (bicyclic) bond motifs is 1. The SMILES string of the molecule is C=CCN1CCC2(c3cccc(O)c3)C[C@@H](NC(=O)Cc3ccc(Cl)c(Cl)c3)CC(O)C2C1. The number of rotatable bonds is 6. The molecule has 1 amide bonds. The van der Waals surface area contributed by atoms with Gasteiger partial charge in [0.1, 0.15) is 5.75 Å². The molecule has 1 aliphatic carbocycles. The summed E-state index contributed by atoms with van der Waals surface area (Å²) >= 11 is 12.1. The molecule has 1 saturated carbocycles. The van der Waals surface area contributed by atoms with Crippen molar-refractivity contribution >= 4 is 29.1 Å². The van der Waals surface area contributed by atoms with E-state index in [0.717, 1.165) is 37.2 Å². The molecule has 2 fully saturated rings. The lowest BCUT2D eigenvalue weighted by molar-refractivity contribution is -0.122. The molecule has 0 spiro atoms. The molecule has 3 N–H and O–H groups in total.